The van der Waals surface area contributed by atoms with Crippen LogP contribution < -0.4 is 20.9 Å². The number of nitrogens with one attached hydrogen (secondary N) is 3. The summed E-state index contributed by atoms with van der Waals surface area (Å²) in [6.07, 6.45) is 4.99. The van der Waals surface area contributed by atoms with Gasteiger partial charge in [-0.3, -0.25) is 9.59 Å². The van der Waals surface area contributed by atoms with Crippen molar-refractivity contribution in [2.45, 2.75) is 31.7 Å². The highest BCUT2D eigenvalue weighted by Gasteiger charge is 2.28. The Bertz CT molecular complexity index is 965. The third-order valence-corrected chi connectivity index (χ3v) is 7.77. The zero-order chi connectivity index (χ0) is 23.9. The smallest absolute Gasteiger partial charge is 0.328 e. The van der Waals surface area contributed by atoms with Gasteiger partial charge in [0.1, 0.15) is 6.04 Å². The molecule has 0 radical (unpaired) electrons. The van der Waals surface area contributed by atoms with Crippen LogP contribution in [0.3, 0.4) is 0 Å². The molecule has 2 saturated heterocycles. The number of piperidine rings is 2. The second kappa shape index (κ2) is 11.5. The van der Waals surface area contributed by atoms with E-state index in [1.807, 2.05) is 12.1 Å². The molecule has 2 fully saturated rings. The first-order valence-corrected chi connectivity index (χ1v) is 12.8. The number of hydrogen-bond acceptors (Lipinski definition) is 6. The maximum Gasteiger partial charge on any atom is 0.328 e. The zero-order valence-corrected chi connectivity index (χ0v) is 20.0. The Morgan fingerprint density at radius 1 is 1.00 bits per heavy atom. The van der Waals surface area contributed by atoms with Crippen molar-refractivity contribution in [1.29, 1.82) is 0 Å². The van der Waals surface area contributed by atoms with Crippen LogP contribution in [0.2, 0.25) is 0 Å². The molecule has 1 unspecified atom stereocenters. The van der Waals surface area contributed by atoms with Crippen molar-refractivity contribution in [3.05, 3.63) is 52.2 Å². The van der Waals surface area contributed by atoms with Crippen LogP contribution in [-0.2, 0) is 4.79 Å². The summed E-state index contributed by atoms with van der Waals surface area (Å²) in [5, 5.41) is 19.7. The predicted molar refractivity (Wildman–Crippen MR) is 133 cm³/mol. The molecule has 3 heterocycles. The van der Waals surface area contributed by atoms with E-state index in [9.17, 15) is 19.5 Å². The van der Waals surface area contributed by atoms with E-state index < -0.39 is 17.9 Å². The van der Waals surface area contributed by atoms with Crippen molar-refractivity contribution in [2.75, 3.05) is 37.6 Å². The number of carbonyl (C=O) groups excluding carboxylic acids is 2. The summed E-state index contributed by atoms with van der Waals surface area (Å²) < 4.78 is 0. The van der Waals surface area contributed by atoms with Crippen molar-refractivity contribution in [3.8, 4) is 0 Å². The molecule has 0 aliphatic carbocycles. The molecule has 4 rings (SSSR count). The summed E-state index contributed by atoms with van der Waals surface area (Å²) in [5.41, 5.74) is 1.56. The number of thiophene rings is 1. The molecule has 2 amide bonds. The number of carboxylic acids is 1. The largest absolute Gasteiger partial charge is 0.480 e. The van der Waals surface area contributed by atoms with Crippen LogP contribution >= 0.6 is 11.3 Å². The number of carbonyl (C=O) groups is 3. The first kappa shape index (κ1) is 24.2. The minimum atomic E-state index is -1.21. The maximum absolute atomic E-state index is 12.6. The van der Waals surface area contributed by atoms with E-state index in [1.54, 1.807) is 29.6 Å². The van der Waals surface area contributed by atoms with Gasteiger partial charge >= 0.3 is 5.97 Å². The lowest BCUT2D eigenvalue weighted by molar-refractivity contribution is -0.139. The summed E-state index contributed by atoms with van der Waals surface area (Å²) >= 11 is 1.23. The standard InChI is InChI=1S/C25H32N4O4S/c30-23(27-16-21(25(32)33)28-24(31)22-2-1-15-34-22)19-3-5-20(6-4-19)29-13-9-18(10-14-29)17-7-11-26-12-8-17/h1-6,15,17-18,21,26H,7-14,16H2,(H,27,30)(H,28,31)(H,32,33). The number of hydrogen-bond donors (Lipinski definition) is 4. The zero-order valence-electron chi connectivity index (χ0n) is 19.2. The van der Waals surface area contributed by atoms with Crippen molar-refractivity contribution >= 4 is 34.8 Å². The number of rotatable bonds is 8. The Morgan fingerprint density at radius 3 is 2.29 bits per heavy atom. The Hall–Kier alpha value is -2.91. The minimum absolute atomic E-state index is 0.197. The second-order valence-electron chi connectivity index (χ2n) is 9.01. The van der Waals surface area contributed by atoms with Crippen molar-refractivity contribution in [3.63, 3.8) is 0 Å². The van der Waals surface area contributed by atoms with Crippen LogP contribution in [0.1, 0.15) is 45.7 Å². The summed E-state index contributed by atoms with van der Waals surface area (Å²) in [7, 11) is 0. The van der Waals surface area contributed by atoms with Gasteiger partial charge in [-0.2, -0.15) is 0 Å². The van der Waals surface area contributed by atoms with Crippen LogP contribution in [-0.4, -0.2) is 61.7 Å². The number of aliphatic carboxylic acids is 1. The molecule has 2 aromatic rings. The highest BCUT2D eigenvalue weighted by atomic mass is 32.1. The molecule has 1 aromatic carbocycles. The van der Waals surface area contributed by atoms with Crippen molar-refractivity contribution in [2.24, 2.45) is 11.8 Å². The molecule has 4 N–H and O–H groups in total. The highest BCUT2D eigenvalue weighted by Crippen LogP contribution is 2.32. The molecule has 0 spiro atoms. The molecule has 0 saturated carbocycles. The van der Waals surface area contributed by atoms with E-state index in [-0.39, 0.29) is 12.5 Å². The van der Waals surface area contributed by atoms with E-state index >= 15 is 0 Å². The lowest BCUT2D eigenvalue weighted by atomic mass is 9.79. The summed E-state index contributed by atoms with van der Waals surface area (Å²) in [6, 6.07) is 9.57. The summed E-state index contributed by atoms with van der Waals surface area (Å²) in [6.45, 7) is 4.15. The lowest BCUT2D eigenvalue weighted by Crippen LogP contribution is -2.48. The maximum atomic E-state index is 12.6. The fraction of sp³-hybridized carbons (Fsp3) is 0.480. The van der Waals surface area contributed by atoms with E-state index in [4.69, 9.17) is 0 Å². The van der Waals surface area contributed by atoms with E-state index in [1.165, 1.54) is 37.0 Å². The van der Waals surface area contributed by atoms with E-state index in [0.717, 1.165) is 43.7 Å². The fourth-order valence-corrected chi connectivity index (χ4v) is 5.53. The Labute approximate surface area is 203 Å². The third-order valence-electron chi connectivity index (χ3n) is 6.90. The van der Waals surface area contributed by atoms with Crippen LogP contribution in [0.25, 0.3) is 0 Å². The molecule has 9 heteroatoms. The average molecular weight is 485 g/mol. The molecule has 34 heavy (non-hydrogen) atoms. The number of anilines is 1. The molecular weight excluding hydrogens is 452 g/mol. The molecule has 8 nitrogen and oxygen atoms in total. The topological polar surface area (TPSA) is 111 Å². The van der Waals surface area contributed by atoms with Gasteiger partial charge in [-0.05, 0) is 86.3 Å². The normalized spacial score (nSPS) is 18.3. The molecule has 0 bridgehead atoms. The number of benzene rings is 1. The fourth-order valence-electron chi connectivity index (χ4n) is 4.90. The van der Waals surface area contributed by atoms with Crippen LogP contribution in [0.4, 0.5) is 5.69 Å². The lowest BCUT2D eigenvalue weighted by Gasteiger charge is -2.38. The van der Waals surface area contributed by atoms with Gasteiger partial charge in [0, 0.05) is 30.9 Å². The second-order valence-corrected chi connectivity index (χ2v) is 9.96. The summed E-state index contributed by atoms with van der Waals surface area (Å²) in [4.78, 5) is 39.0. The molecule has 182 valence electrons. The third kappa shape index (κ3) is 6.15. The quantitative estimate of drug-likeness (QED) is 0.458. The average Bonchev–Trinajstić information content (AvgIpc) is 3.42. The van der Waals surface area contributed by atoms with Gasteiger partial charge < -0.3 is 26.0 Å². The van der Waals surface area contributed by atoms with Crippen LogP contribution in [0.15, 0.2) is 41.8 Å². The SMILES string of the molecule is O=C(NCC(NC(=O)c1cccs1)C(=O)O)c1ccc(N2CCC(C3CCNCC3)CC2)cc1. The molecule has 1 atom stereocenters. The van der Waals surface area contributed by atoms with Gasteiger partial charge in [0.15, 0.2) is 0 Å². The molecule has 1 aromatic heterocycles. The highest BCUT2D eigenvalue weighted by molar-refractivity contribution is 7.12. The Morgan fingerprint density at radius 2 is 1.68 bits per heavy atom. The van der Waals surface area contributed by atoms with Crippen molar-refractivity contribution < 1.29 is 19.5 Å². The molecular formula is C25H32N4O4S. The number of carboxylic acid groups (broad SMARTS) is 1. The van der Waals surface area contributed by atoms with Gasteiger partial charge in [0.2, 0.25) is 0 Å². The van der Waals surface area contributed by atoms with Gasteiger partial charge in [0.05, 0.1) is 4.88 Å². The minimum Gasteiger partial charge on any atom is -0.480 e. The Kier molecular flexibility index (Phi) is 8.18. The van der Waals surface area contributed by atoms with Gasteiger partial charge in [0.25, 0.3) is 11.8 Å². The molecule has 2 aliphatic heterocycles. The first-order chi connectivity index (χ1) is 16.5. The van der Waals surface area contributed by atoms with E-state index in [2.05, 4.69) is 20.9 Å². The summed E-state index contributed by atoms with van der Waals surface area (Å²) in [5.74, 6) is -0.378. The monoisotopic (exact) mass is 484 g/mol. The molecule has 2 aliphatic rings. The van der Waals surface area contributed by atoms with Gasteiger partial charge in [-0.15, -0.1) is 11.3 Å². The van der Waals surface area contributed by atoms with Crippen LogP contribution in [0.5, 0.6) is 0 Å². The number of amides is 2. The van der Waals surface area contributed by atoms with Crippen LogP contribution in [0, 0.1) is 11.8 Å². The van der Waals surface area contributed by atoms with Gasteiger partial charge in [-0.25, -0.2) is 4.79 Å². The van der Waals surface area contributed by atoms with E-state index in [0.29, 0.717) is 10.4 Å². The number of nitrogens with zero attached hydrogens (tertiary/aromatic N) is 1. The van der Waals surface area contributed by atoms with Gasteiger partial charge in [-0.1, -0.05) is 6.07 Å². The predicted octanol–water partition coefficient (Wildman–Crippen LogP) is 2.58. The first-order valence-electron chi connectivity index (χ1n) is 11.9. The van der Waals surface area contributed by atoms with Crippen molar-refractivity contribution in [1.82, 2.24) is 16.0 Å². The Balaban J connectivity index is 1.26.